The van der Waals surface area contributed by atoms with E-state index in [1.807, 2.05) is 25.1 Å². The molecule has 0 radical (unpaired) electrons. The molecule has 0 fully saturated rings. The number of halogens is 1. The molecule has 0 aliphatic carbocycles. The van der Waals surface area contributed by atoms with Gasteiger partial charge >= 0.3 is 5.69 Å². The van der Waals surface area contributed by atoms with Crippen molar-refractivity contribution in [3.8, 4) is 0 Å². The fourth-order valence-corrected chi connectivity index (χ4v) is 2.68. The molecular formula is C19H17FN6O3. The van der Waals surface area contributed by atoms with E-state index in [2.05, 4.69) is 20.8 Å². The lowest BCUT2D eigenvalue weighted by atomic mass is 10.2. The maximum atomic E-state index is 13.0. The molecule has 0 saturated carbocycles. The zero-order valence-corrected chi connectivity index (χ0v) is 15.4. The normalized spacial score (nSPS) is 10.3. The molecule has 1 amide bonds. The van der Waals surface area contributed by atoms with Gasteiger partial charge in [-0.25, -0.2) is 14.4 Å². The van der Waals surface area contributed by atoms with E-state index in [-0.39, 0.29) is 17.2 Å². The van der Waals surface area contributed by atoms with Crippen LogP contribution in [-0.4, -0.2) is 27.3 Å². The summed E-state index contributed by atoms with van der Waals surface area (Å²) in [6.07, 6.45) is 1.17. The molecule has 29 heavy (non-hydrogen) atoms. The number of amides is 1. The largest absolute Gasteiger partial charge is 0.355 e. The summed E-state index contributed by atoms with van der Waals surface area (Å²) in [5, 5.41) is 11.8. The molecule has 3 rings (SSSR count). The van der Waals surface area contributed by atoms with E-state index in [1.54, 1.807) is 17.0 Å². The van der Waals surface area contributed by atoms with Crippen molar-refractivity contribution in [2.75, 3.05) is 16.9 Å². The number of para-hydroxylation sites is 1. The smallest absolute Gasteiger partial charge is 0.321 e. The standard InChI is InChI=1S/C19H17FN6O3/c1-2-25(15-6-4-3-5-7-15)18-16(26(28)29)17(21-12-22-18)23-24-19(27)13-8-10-14(20)11-9-13/h3-12H,2H2,1H3,(H,24,27)(H,21,22,23). The summed E-state index contributed by atoms with van der Waals surface area (Å²) in [4.78, 5) is 32.9. The van der Waals surface area contributed by atoms with E-state index in [0.29, 0.717) is 6.54 Å². The van der Waals surface area contributed by atoms with Crippen molar-refractivity contribution < 1.29 is 14.1 Å². The topological polar surface area (TPSA) is 113 Å². The van der Waals surface area contributed by atoms with Gasteiger partial charge in [0.25, 0.3) is 5.91 Å². The van der Waals surface area contributed by atoms with Gasteiger partial charge in [-0.3, -0.25) is 25.8 Å². The van der Waals surface area contributed by atoms with Crippen LogP contribution in [0.1, 0.15) is 17.3 Å². The molecule has 0 aliphatic rings. The second kappa shape index (κ2) is 8.74. The summed E-state index contributed by atoms with van der Waals surface area (Å²) in [5.74, 6) is -1.18. The van der Waals surface area contributed by atoms with E-state index < -0.39 is 22.3 Å². The number of hydrazine groups is 1. The van der Waals surface area contributed by atoms with E-state index in [4.69, 9.17) is 0 Å². The molecule has 0 saturated heterocycles. The first-order chi connectivity index (χ1) is 14.0. The molecule has 3 aromatic rings. The lowest BCUT2D eigenvalue weighted by Crippen LogP contribution is -2.30. The van der Waals surface area contributed by atoms with Crippen LogP contribution in [0.25, 0.3) is 0 Å². The van der Waals surface area contributed by atoms with Crippen molar-refractivity contribution in [1.29, 1.82) is 0 Å². The van der Waals surface area contributed by atoms with Crippen molar-refractivity contribution in [3.05, 3.63) is 82.4 Å². The Balaban J connectivity index is 1.89. The summed E-state index contributed by atoms with van der Waals surface area (Å²) < 4.78 is 13.0. The molecule has 1 aromatic heterocycles. The van der Waals surface area contributed by atoms with Crippen LogP contribution in [0.3, 0.4) is 0 Å². The molecule has 0 spiro atoms. The highest BCUT2D eigenvalue weighted by Gasteiger charge is 2.27. The molecule has 2 aromatic carbocycles. The SMILES string of the molecule is CCN(c1ccccc1)c1ncnc(NNC(=O)c2ccc(F)cc2)c1[N+](=O)[O-]. The molecule has 0 aliphatic heterocycles. The molecule has 0 bridgehead atoms. The Morgan fingerprint density at radius 3 is 2.45 bits per heavy atom. The van der Waals surface area contributed by atoms with Gasteiger partial charge < -0.3 is 4.90 Å². The zero-order chi connectivity index (χ0) is 20.8. The minimum atomic E-state index is -0.618. The molecule has 1 heterocycles. The molecule has 2 N–H and O–H groups in total. The van der Waals surface area contributed by atoms with Crippen LogP contribution in [0.15, 0.2) is 60.9 Å². The number of benzene rings is 2. The summed E-state index contributed by atoms with van der Waals surface area (Å²) in [6, 6.07) is 13.9. The fraction of sp³-hybridized carbons (Fsp3) is 0.105. The van der Waals surface area contributed by atoms with E-state index in [0.717, 1.165) is 17.8 Å². The summed E-state index contributed by atoms with van der Waals surface area (Å²) in [5.41, 5.74) is 5.30. The van der Waals surface area contributed by atoms with Crippen LogP contribution < -0.4 is 15.8 Å². The average Bonchev–Trinajstić information content (AvgIpc) is 2.73. The Bertz CT molecular complexity index is 1010. The minimum Gasteiger partial charge on any atom is -0.321 e. The number of nitro groups is 1. The van der Waals surface area contributed by atoms with Crippen LogP contribution in [0, 0.1) is 15.9 Å². The van der Waals surface area contributed by atoms with Gasteiger partial charge in [0.05, 0.1) is 4.92 Å². The van der Waals surface area contributed by atoms with Gasteiger partial charge in [0, 0.05) is 17.8 Å². The van der Waals surface area contributed by atoms with E-state index in [9.17, 15) is 19.3 Å². The van der Waals surface area contributed by atoms with Gasteiger partial charge in [0.2, 0.25) is 11.6 Å². The van der Waals surface area contributed by atoms with Crippen LogP contribution in [-0.2, 0) is 0 Å². The Morgan fingerprint density at radius 1 is 1.14 bits per heavy atom. The minimum absolute atomic E-state index is 0.0808. The predicted octanol–water partition coefficient (Wildman–Crippen LogP) is 3.44. The highest BCUT2D eigenvalue weighted by Crippen LogP contribution is 2.35. The van der Waals surface area contributed by atoms with Gasteiger partial charge in [0.15, 0.2) is 0 Å². The van der Waals surface area contributed by atoms with E-state index in [1.165, 1.54) is 18.5 Å². The Morgan fingerprint density at radius 2 is 1.83 bits per heavy atom. The maximum Gasteiger partial charge on any atom is 0.355 e. The third-order valence-electron chi connectivity index (χ3n) is 4.03. The number of aromatic nitrogens is 2. The van der Waals surface area contributed by atoms with Crippen LogP contribution >= 0.6 is 0 Å². The first-order valence-electron chi connectivity index (χ1n) is 8.65. The summed E-state index contributed by atoms with van der Waals surface area (Å²) in [7, 11) is 0. The monoisotopic (exact) mass is 396 g/mol. The van der Waals surface area contributed by atoms with Crippen LogP contribution in [0.5, 0.6) is 0 Å². The van der Waals surface area contributed by atoms with Crippen molar-refractivity contribution >= 4 is 28.9 Å². The third kappa shape index (κ3) is 4.43. The first-order valence-corrected chi connectivity index (χ1v) is 8.65. The lowest BCUT2D eigenvalue weighted by Gasteiger charge is -2.22. The molecular weight excluding hydrogens is 379 g/mol. The van der Waals surface area contributed by atoms with Crippen LogP contribution in [0.2, 0.25) is 0 Å². The van der Waals surface area contributed by atoms with Crippen LogP contribution in [0.4, 0.5) is 27.4 Å². The maximum absolute atomic E-state index is 13.0. The third-order valence-corrected chi connectivity index (χ3v) is 4.03. The summed E-state index contributed by atoms with van der Waals surface area (Å²) in [6.45, 7) is 2.26. The number of hydrogen-bond donors (Lipinski definition) is 2. The van der Waals surface area contributed by atoms with E-state index >= 15 is 0 Å². The molecule has 10 heteroatoms. The number of anilines is 3. The van der Waals surface area contributed by atoms with Crippen molar-refractivity contribution in [1.82, 2.24) is 15.4 Å². The van der Waals surface area contributed by atoms with Gasteiger partial charge in [-0.05, 0) is 43.3 Å². The predicted molar refractivity (Wildman–Crippen MR) is 105 cm³/mol. The summed E-state index contributed by atoms with van der Waals surface area (Å²) >= 11 is 0. The number of carbonyl (C=O) groups is 1. The zero-order valence-electron chi connectivity index (χ0n) is 15.4. The fourth-order valence-electron chi connectivity index (χ4n) is 2.68. The number of carbonyl (C=O) groups excluding carboxylic acids is 1. The van der Waals surface area contributed by atoms with Gasteiger partial charge in [-0.15, -0.1) is 0 Å². The van der Waals surface area contributed by atoms with Crippen molar-refractivity contribution in [2.24, 2.45) is 0 Å². The number of nitrogens with one attached hydrogen (secondary N) is 2. The number of hydrogen-bond acceptors (Lipinski definition) is 7. The van der Waals surface area contributed by atoms with Gasteiger partial charge in [-0.1, -0.05) is 18.2 Å². The molecule has 9 nitrogen and oxygen atoms in total. The van der Waals surface area contributed by atoms with Crippen molar-refractivity contribution in [2.45, 2.75) is 6.92 Å². The highest BCUT2D eigenvalue weighted by molar-refractivity contribution is 5.95. The van der Waals surface area contributed by atoms with Crippen molar-refractivity contribution in [3.63, 3.8) is 0 Å². The Kier molecular flexibility index (Phi) is 5.93. The second-order valence-electron chi connectivity index (χ2n) is 5.82. The quantitative estimate of drug-likeness (QED) is 0.464. The average molecular weight is 396 g/mol. The lowest BCUT2D eigenvalue weighted by molar-refractivity contribution is -0.383. The Labute approximate surface area is 165 Å². The van der Waals surface area contributed by atoms with Gasteiger partial charge in [-0.2, -0.15) is 0 Å². The highest BCUT2D eigenvalue weighted by atomic mass is 19.1. The molecule has 148 valence electrons. The molecule has 0 atom stereocenters. The van der Waals surface area contributed by atoms with Gasteiger partial charge in [0.1, 0.15) is 12.1 Å². The molecule has 0 unspecified atom stereocenters. The number of rotatable bonds is 7. The number of nitrogens with zero attached hydrogens (tertiary/aromatic N) is 4. The second-order valence-corrected chi connectivity index (χ2v) is 5.82. The Hall–Kier alpha value is -4.08. The first kappa shape index (κ1) is 19.7.